The lowest BCUT2D eigenvalue weighted by Crippen LogP contribution is -2.38. The number of carbonyl (C=O) groups excluding carboxylic acids is 2. The smallest absolute Gasteiger partial charge is 0.255 e. The molecule has 0 bridgehead atoms. The molecule has 0 fully saturated rings. The summed E-state index contributed by atoms with van der Waals surface area (Å²) in [6.07, 6.45) is 0. The molecule has 1 unspecified atom stereocenters. The number of nitrogens with one attached hydrogen (secondary N) is 1. The SMILES string of the molecule is O=C(NCc1ccccc1)C1c2ccccc2C(=O)N1Cc1ccccc1-c1ccccc1. The second-order valence-corrected chi connectivity index (χ2v) is 8.15. The van der Waals surface area contributed by atoms with Gasteiger partial charge in [0.25, 0.3) is 5.91 Å². The van der Waals surface area contributed by atoms with Crippen LogP contribution in [0, 0.1) is 0 Å². The number of nitrogens with zero attached hydrogens (tertiary/aromatic N) is 1. The lowest BCUT2D eigenvalue weighted by Gasteiger charge is -2.26. The monoisotopic (exact) mass is 432 g/mol. The van der Waals surface area contributed by atoms with E-state index in [-0.39, 0.29) is 11.8 Å². The summed E-state index contributed by atoms with van der Waals surface area (Å²) in [5, 5.41) is 3.03. The van der Waals surface area contributed by atoms with Crippen molar-refractivity contribution in [3.05, 3.63) is 131 Å². The molecule has 0 radical (unpaired) electrons. The summed E-state index contributed by atoms with van der Waals surface area (Å²) in [5.74, 6) is -0.289. The average Bonchev–Trinajstić information content (AvgIpc) is 3.15. The molecule has 4 nitrogen and oxygen atoms in total. The first-order chi connectivity index (χ1) is 16.2. The zero-order valence-corrected chi connectivity index (χ0v) is 18.1. The minimum atomic E-state index is -0.666. The van der Waals surface area contributed by atoms with Gasteiger partial charge in [0.15, 0.2) is 0 Å². The molecular formula is C29H24N2O2. The maximum atomic E-state index is 13.4. The summed E-state index contributed by atoms with van der Waals surface area (Å²) in [6.45, 7) is 0.767. The van der Waals surface area contributed by atoms with E-state index in [1.54, 1.807) is 11.0 Å². The number of benzene rings is 4. The fraction of sp³-hybridized carbons (Fsp3) is 0.103. The molecule has 0 spiro atoms. The molecule has 0 saturated heterocycles. The van der Waals surface area contributed by atoms with Gasteiger partial charge in [-0.1, -0.05) is 103 Å². The first-order valence-electron chi connectivity index (χ1n) is 11.1. The Hall–Kier alpha value is -4.18. The van der Waals surface area contributed by atoms with E-state index < -0.39 is 6.04 Å². The third kappa shape index (κ3) is 4.15. The molecular weight excluding hydrogens is 408 g/mol. The van der Waals surface area contributed by atoms with Gasteiger partial charge in [0.1, 0.15) is 6.04 Å². The normalized spacial score (nSPS) is 14.7. The Kier molecular flexibility index (Phi) is 5.73. The molecule has 4 aromatic rings. The molecule has 4 aromatic carbocycles. The van der Waals surface area contributed by atoms with Crippen molar-refractivity contribution in [2.24, 2.45) is 0 Å². The van der Waals surface area contributed by atoms with Crippen LogP contribution in [0.25, 0.3) is 11.1 Å². The Morgan fingerprint density at radius 2 is 1.33 bits per heavy atom. The molecule has 4 heteroatoms. The van der Waals surface area contributed by atoms with Gasteiger partial charge in [-0.2, -0.15) is 0 Å². The molecule has 1 N–H and O–H groups in total. The largest absolute Gasteiger partial charge is 0.350 e. The number of rotatable bonds is 6. The molecule has 1 aliphatic rings. The van der Waals surface area contributed by atoms with E-state index in [4.69, 9.17) is 0 Å². The van der Waals surface area contributed by atoms with E-state index >= 15 is 0 Å². The predicted octanol–water partition coefficient (Wildman–Crippen LogP) is 5.37. The predicted molar refractivity (Wildman–Crippen MR) is 129 cm³/mol. The molecule has 5 rings (SSSR count). The van der Waals surface area contributed by atoms with Gasteiger partial charge in [0, 0.05) is 18.7 Å². The third-order valence-electron chi connectivity index (χ3n) is 6.06. The van der Waals surface area contributed by atoms with E-state index in [0.29, 0.717) is 18.7 Å². The Bertz CT molecular complexity index is 1290. The molecule has 2 amide bonds. The van der Waals surface area contributed by atoms with Crippen molar-refractivity contribution in [3.8, 4) is 11.1 Å². The molecule has 0 aromatic heterocycles. The number of fused-ring (bicyclic) bond motifs is 1. The number of hydrogen-bond acceptors (Lipinski definition) is 2. The second kappa shape index (κ2) is 9.13. The van der Waals surface area contributed by atoms with Crippen LogP contribution in [0.5, 0.6) is 0 Å². The van der Waals surface area contributed by atoms with Gasteiger partial charge < -0.3 is 10.2 Å². The van der Waals surface area contributed by atoms with Crippen molar-refractivity contribution >= 4 is 11.8 Å². The lowest BCUT2D eigenvalue weighted by molar-refractivity contribution is -0.125. The van der Waals surface area contributed by atoms with Crippen LogP contribution in [-0.4, -0.2) is 16.7 Å². The molecule has 162 valence electrons. The molecule has 33 heavy (non-hydrogen) atoms. The second-order valence-electron chi connectivity index (χ2n) is 8.15. The van der Waals surface area contributed by atoms with Gasteiger partial charge in [-0.05, 0) is 33.9 Å². The fourth-order valence-corrected chi connectivity index (χ4v) is 4.44. The maximum absolute atomic E-state index is 13.4. The topological polar surface area (TPSA) is 49.4 Å². The molecule has 1 aliphatic heterocycles. The van der Waals surface area contributed by atoms with Gasteiger partial charge in [0.05, 0.1) is 0 Å². The summed E-state index contributed by atoms with van der Waals surface area (Å²) < 4.78 is 0. The standard InChI is InChI=1S/C29H24N2O2/c32-28(30-19-21-11-3-1-4-12-21)27-25-17-9-10-18-26(25)29(33)31(27)20-23-15-7-8-16-24(23)22-13-5-2-6-14-22/h1-18,27H,19-20H2,(H,30,32). The van der Waals surface area contributed by atoms with Crippen LogP contribution in [-0.2, 0) is 17.9 Å². The summed E-state index contributed by atoms with van der Waals surface area (Å²) in [5.41, 5.74) is 5.52. The molecule has 0 aliphatic carbocycles. The van der Waals surface area contributed by atoms with E-state index in [9.17, 15) is 9.59 Å². The van der Waals surface area contributed by atoms with Crippen LogP contribution in [0.4, 0.5) is 0 Å². The molecule has 0 saturated carbocycles. The number of amides is 2. The highest BCUT2D eigenvalue weighted by molar-refractivity contribution is 6.04. The first-order valence-corrected chi connectivity index (χ1v) is 11.1. The molecule has 1 atom stereocenters. The minimum absolute atomic E-state index is 0.117. The van der Waals surface area contributed by atoms with Crippen LogP contribution >= 0.6 is 0 Å². The Labute approximate surface area is 193 Å². The highest BCUT2D eigenvalue weighted by Crippen LogP contribution is 2.36. The van der Waals surface area contributed by atoms with Gasteiger partial charge in [-0.3, -0.25) is 9.59 Å². The first kappa shape index (κ1) is 20.7. The van der Waals surface area contributed by atoms with Crippen molar-refractivity contribution in [1.29, 1.82) is 0 Å². The van der Waals surface area contributed by atoms with Crippen LogP contribution in [0.1, 0.15) is 33.1 Å². The van der Waals surface area contributed by atoms with Gasteiger partial charge in [0.2, 0.25) is 5.91 Å². The lowest BCUT2D eigenvalue weighted by atomic mass is 9.99. The zero-order valence-electron chi connectivity index (χ0n) is 18.1. The highest BCUT2D eigenvalue weighted by atomic mass is 16.2. The van der Waals surface area contributed by atoms with Crippen molar-refractivity contribution < 1.29 is 9.59 Å². The molecule has 1 heterocycles. The Balaban J connectivity index is 1.46. The van der Waals surface area contributed by atoms with Crippen LogP contribution in [0.2, 0.25) is 0 Å². The summed E-state index contributed by atoms with van der Waals surface area (Å²) >= 11 is 0. The van der Waals surface area contributed by atoms with Crippen LogP contribution in [0.3, 0.4) is 0 Å². The van der Waals surface area contributed by atoms with E-state index in [2.05, 4.69) is 23.5 Å². The Morgan fingerprint density at radius 1 is 0.727 bits per heavy atom. The van der Waals surface area contributed by atoms with Gasteiger partial charge in [-0.15, -0.1) is 0 Å². The summed E-state index contributed by atoms with van der Waals surface area (Å²) in [7, 11) is 0. The Morgan fingerprint density at radius 3 is 2.09 bits per heavy atom. The number of carbonyl (C=O) groups is 2. The third-order valence-corrected chi connectivity index (χ3v) is 6.06. The van der Waals surface area contributed by atoms with E-state index in [1.807, 2.05) is 84.9 Å². The van der Waals surface area contributed by atoms with Gasteiger partial charge >= 0.3 is 0 Å². The average molecular weight is 433 g/mol. The highest BCUT2D eigenvalue weighted by Gasteiger charge is 2.40. The zero-order chi connectivity index (χ0) is 22.6. The fourth-order valence-electron chi connectivity index (χ4n) is 4.44. The summed E-state index contributed by atoms with van der Waals surface area (Å²) in [6, 6.07) is 34.7. The summed E-state index contributed by atoms with van der Waals surface area (Å²) in [4.78, 5) is 28.4. The van der Waals surface area contributed by atoms with Crippen molar-refractivity contribution in [2.45, 2.75) is 19.1 Å². The quantitative estimate of drug-likeness (QED) is 0.445. The van der Waals surface area contributed by atoms with E-state index in [1.165, 1.54) is 0 Å². The minimum Gasteiger partial charge on any atom is -0.350 e. The van der Waals surface area contributed by atoms with Gasteiger partial charge in [-0.25, -0.2) is 0 Å². The van der Waals surface area contributed by atoms with Crippen LogP contribution in [0.15, 0.2) is 109 Å². The van der Waals surface area contributed by atoms with Crippen LogP contribution < -0.4 is 5.32 Å². The van der Waals surface area contributed by atoms with Crippen molar-refractivity contribution in [2.75, 3.05) is 0 Å². The van der Waals surface area contributed by atoms with E-state index in [0.717, 1.165) is 27.8 Å². The van der Waals surface area contributed by atoms with Crippen molar-refractivity contribution in [3.63, 3.8) is 0 Å². The number of hydrogen-bond donors (Lipinski definition) is 1. The van der Waals surface area contributed by atoms with Crippen molar-refractivity contribution in [1.82, 2.24) is 10.2 Å². The maximum Gasteiger partial charge on any atom is 0.255 e.